The van der Waals surface area contributed by atoms with E-state index in [-0.39, 0.29) is 0 Å². The molecule has 0 aliphatic carbocycles. The molecule has 3 aromatic rings. The van der Waals surface area contributed by atoms with E-state index in [0.717, 1.165) is 16.7 Å². The average Bonchev–Trinajstić information content (AvgIpc) is 2.89. The fourth-order valence-electron chi connectivity index (χ4n) is 2.04. The van der Waals surface area contributed by atoms with Crippen molar-refractivity contribution in [2.45, 2.75) is 0 Å². The van der Waals surface area contributed by atoms with Gasteiger partial charge in [-0.3, -0.25) is 0 Å². The van der Waals surface area contributed by atoms with Gasteiger partial charge in [0.15, 0.2) is 5.75 Å². The lowest BCUT2D eigenvalue weighted by molar-refractivity contribution is 0.409. The van der Waals surface area contributed by atoms with Gasteiger partial charge in [-0.25, -0.2) is 0 Å². The number of hydrogen-bond acceptors (Lipinski definition) is 3. The molecule has 0 radical (unpaired) electrons. The normalized spacial score (nSPS) is 10.2. The van der Waals surface area contributed by atoms with Gasteiger partial charge in [-0.2, -0.15) is 5.26 Å². The van der Waals surface area contributed by atoms with Crippen molar-refractivity contribution in [2.24, 2.45) is 0 Å². The standard InChI is InChI=1S/C16H12N2O2/c1-19-12-3-2-4-13(8-12)20-16-10-18-15-6-5-11(9-17)7-14(15)16/h2-8,10,18H,1H3. The molecule has 0 saturated heterocycles. The zero-order valence-corrected chi connectivity index (χ0v) is 10.9. The molecular formula is C16H12N2O2. The molecule has 1 aromatic heterocycles. The van der Waals surface area contributed by atoms with Crippen LogP contribution in [0.15, 0.2) is 48.7 Å². The number of benzene rings is 2. The van der Waals surface area contributed by atoms with Crippen molar-refractivity contribution in [1.29, 1.82) is 5.26 Å². The van der Waals surface area contributed by atoms with Gasteiger partial charge < -0.3 is 14.5 Å². The third-order valence-electron chi connectivity index (χ3n) is 3.04. The maximum absolute atomic E-state index is 8.97. The highest BCUT2D eigenvalue weighted by Gasteiger charge is 2.07. The van der Waals surface area contributed by atoms with Gasteiger partial charge in [-0.1, -0.05) is 6.07 Å². The van der Waals surface area contributed by atoms with Crippen LogP contribution in [-0.4, -0.2) is 12.1 Å². The fraction of sp³-hybridized carbons (Fsp3) is 0.0625. The Morgan fingerprint density at radius 3 is 2.75 bits per heavy atom. The number of fused-ring (bicyclic) bond motifs is 1. The van der Waals surface area contributed by atoms with E-state index in [9.17, 15) is 0 Å². The molecule has 0 saturated carbocycles. The van der Waals surface area contributed by atoms with Gasteiger partial charge in [-0.05, 0) is 30.3 Å². The first-order chi connectivity index (χ1) is 9.80. The highest BCUT2D eigenvalue weighted by atomic mass is 16.5. The number of rotatable bonds is 3. The van der Waals surface area contributed by atoms with E-state index >= 15 is 0 Å². The number of H-pyrrole nitrogens is 1. The Morgan fingerprint density at radius 2 is 1.95 bits per heavy atom. The summed E-state index contributed by atoms with van der Waals surface area (Å²) in [6.45, 7) is 0. The second-order valence-corrected chi connectivity index (χ2v) is 4.31. The zero-order valence-electron chi connectivity index (χ0n) is 10.9. The molecule has 0 bridgehead atoms. The lowest BCUT2D eigenvalue weighted by Gasteiger charge is -2.06. The van der Waals surface area contributed by atoms with Gasteiger partial charge >= 0.3 is 0 Å². The molecule has 0 fully saturated rings. The molecule has 0 atom stereocenters. The van der Waals surface area contributed by atoms with Crippen molar-refractivity contribution < 1.29 is 9.47 Å². The van der Waals surface area contributed by atoms with E-state index in [1.165, 1.54) is 0 Å². The molecule has 0 spiro atoms. The van der Waals surface area contributed by atoms with E-state index in [0.29, 0.717) is 17.1 Å². The van der Waals surface area contributed by atoms with Crippen LogP contribution >= 0.6 is 0 Å². The summed E-state index contributed by atoms with van der Waals surface area (Å²) in [6, 6.07) is 15.0. The minimum Gasteiger partial charge on any atom is -0.497 e. The van der Waals surface area contributed by atoms with Gasteiger partial charge in [0.25, 0.3) is 0 Å². The topological polar surface area (TPSA) is 58.0 Å². The van der Waals surface area contributed by atoms with Gasteiger partial charge in [-0.15, -0.1) is 0 Å². The van der Waals surface area contributed by atoms with Gasteiger partial charge in [0, 0.05) is 23.2 Å². The van der Waals surface area contributed by atoms with Crippen LogP contribution in [-0.2, 0) is 0 Å². The summed E-state index contributed by atoms with van der Waals surface area (Å²) >= 11 is 0. The molecule has 1 N–H and O–H groups in total. The van der Waals surface area contributed by atoms with Crippen molar-refractivity contribution in [3.63, 3.8) is 0 Å². The third kappa shape index (κ3) is 2.17. The number of ether oxygens (including phenoxy) is 2. The van der Waals surface area contributed by atoms with Gasteiger partial charge in [0.05, 0.1) is 18.7 Å². The van der Waals surface area contributed by atoms with E-state index in [1.807, 2.05) is 30.3 Å². The summed E-state index contributed by atoms with van der Waals surface area (Å²) in [5.74, 6) is 2.11. The molecule has 4 nitrogen and oxygen atoms in total. The highest BCUT2D eigenvalue weighted by molar-refractivity contribution is 5.87. The minimum atomic E-state index is 0.604. The fourth-order valence-corrected chi connectivity index (χ4v) is 2.04. The van der Waals surface area contributed by atoms with Crippen LogP contribution in [0, 0.1) is 11.3 Å². The van der Waals surface area contributed by atoms with E-state index in [4.69, 9.17) is 14.7 Å². The Labute approximate surface area is 116 Å². The molecule has 3 rings (SSSR count). The quantitative estimate of drug-likeness (QED) is 0.781. The number of nitrogens with zero attached hydrogens (tertiary/aromatic N) is 1. The molecule has 20 heavy (non-hydrogen) atoms. The van der Waals surface area contributed by atoms with Crippen LogP contribution in [0.3, 0.4) is 0 Å². The molecule has 98 valence electrons. The Bertz CT molecular complexity index is 800. The molecule has 0 aliphatic heterocycles. The first-order valence-corrected chi connectivity index (χ1v) is 6.13. The summed E-state index contributed by atoms with van der Waals surface area (Å²) in [5.41, 5.74) is 1.54. The predicted octanol–water partition coefficient (Wildman–Crippen LogP) is 3.84. The predicted molar refractivity (Wildman–Crippen MR) is 76.1 cm³/mol. The van der Waals surface area contributed by atoms with Crippen molar-refractivity contribution in [1.82, 2.24) is 4.98 Å². The van der Waals surface area contributed by atoms with Crippen LogP contribution < -0.4 is 9.47 Å². The van der Waals surface area contributed by atoms with Gasteiger partial charge in [0.1, 0.15) is 11.5 Å². The van der Waals surface area contributed by atoms with E-state index in [1.54, 1.807) is 25.4 Å². The Balaban J connectivity index is 2.00. The Morgan fingerprint density at radius 1 is 1.10 bits per heavy atom. The molecule has 0 unspecified atom stereocenters. The summed E-state index contributed by atoms with van der Waals surface area (Å²) in [7, 11) is 1.62. The number of nitrogens with one attached hydrogen (secondary N) is 1. The molecule has 2 aromatic carbocycles. The van der Waals surface area contributed by atoms with E-state index < -0.39 is 0 Å². The maximum Gasteiger partial charge on any atom is 0.152 e. The number of nitriles is 1. The van der Waals surface area contributed by atoms with Crippen LogP contribution in [0.2, 0.25) is 0 Å². The molecule has 1 heterocycles. The summed E-state index contributed by atoms with van der Waals surface area (Å²) in [6.07, 6.45) is 1.78. The Hall–Kier alpha value is -2.93. The number of hydrogen-bond donors (Lipinski definition) is 1. The third-order valence-corrected chi connectivity index (χ3v) is 3.04. The molecule has 0 amide bonds. The molecule has 4 heteroatoms. The van der Waals surface area contributed by atoms with Crippen LogP contribution in [0.5, 0.6) is 17.2 Å². The molecule has 0 aliphatic rings. The lowest BCUT2D eigenvalue weighted by Crippen LogP contribution is -1.86. The van der Waals surface area contributed by atoms with Crippen molar-refractivity contribution in [3.8, 4) is 23.3 Å². The summed E-state index contributed by atoms with van der Waals surface area (Å²) < 4.78 is 11.0. The number of aromatic nitrogens is 1. The first kappa shape index (κ1) is 12.1. The summed E-state index contributed by atoms with van der Waals surface area (Å²) in [5, 5.41) is 9.85. The SMILES string of the molecule is COc1cccc(Oc2c[nH]c3ccc(C#N)cc23)c1. The maximum atomic E-state index is 8.97. The zero-order chi connectivity index (χ0) is 13.9. The monoisotopic (exact) mass is 264 g/mol. The lowest BCUT2D eigenvalue weighted by atomic mass is 10.2. The molecular weight excluding hydrogens is 252 g/mol. The number of methoxy groups -OCH3 is 1. The van der Waals surface area contributed by atoms with Gasteiger partial charge in [0.2, 0.25) is 0 Å². The number of aromatic amines is 1. The second-order valence-electron chi connectivity index (χ2n) is 4.31. The Kier molecular flexibility index (Phi) is 3.02. The minimum absolute atomic E-state index is 0.604. The van der Waals surface area contributed by atoms with Crippen LogP contribution in [0.1, 0.15) is 5.56 Å². The first-order valence-electron chi connectivity index (χ1n) is 6.13. The second kappa shape index (κ2) is 4.98. The van der Waals surface area contributed by atoms with Crippen LogP contribution in [0.25, 0.3) is 10.9 Å². The van der Waals surface area contributed by atoms with Crippen molar-refractivity contribution in [2.75, 3.05) is 7.11 Å². The summed E-state index contributed by atoms with van der Waals surface area (Å²) in [4.78, 5) is 3.12. The van der Waals surface area contributed by atoms with Crippen molar-refractivity contribution >= 4 is 10.9 Å². The van der Waals surface area contributed by atoms with Crippen LogP contribution in [0.4, 0.5) is 0 Å². The van der Waals surface area contributed by atoms with E-state index in [2.05, 4.69) is 11.1 Å². The largest absolute Gasteiger partial charge is 0.497 e. The smallest absolute Gasteiger partial charge is 0.152 e. The average molecular weight is 264 g/mol. The highest BCUT2D eigenvalue weighted by Crippen LogP contribution is 2.31. The van der Waals surface area contributed by atoms with Crippen molar-refractivity contribution in [3.05, 3.63) is 54.2 Å².